The van der Waals surface area contributed by atoms with Gasteiger partial charge < -0.3 is 15.4 Å². The minimum atomic E-state index is -0.189. The lowest BCUT2D eigenvalue weighted by atomic mass is 10.1. The highest BCUT2D eigenvalue weighted by Crippen LogP contribution is 2.35. The summed E-state index contributed by atoms with van der Waals surface area (Å²) in [7, 11) is 0. The average molecular weight is 419 g/mol. The van der Waals surface area contributed by atoms with Crippen LogP contribution in [0.4, 0.5) is 5.69 Å². The maximum Gasteiger partial charge on any atom is 0.251 e. The molecule has 6 heteroatoms. The van der Waals surface area contributed by atoms with E-state index in [-0.39, 0.29) is 17.1 Å². The van der Waals surface area contributed by atoms with Gasteiger partial charge in [-0.25, -0.2) is 0 Å². The fourth-order valence-corrected chi connectivity index (χ4v) is 4.05. The van der Waals surface area contributed by atoms with Crippen molar-refractivity contribution in [3.63, 3.8) is 0 Å². The number of carbonyl (C=O) groups is 2. The minimum absolute atomic E-state index is 0.0441. The van der Waals surface area contributed by atoms with E-state index >= 15 is 0 Å². The highest BCUT2D eigenvalue weighted by molar-refractivity contribution is 8.00. The predicted molar refractivity (Wildman–Crippen MR) is 119 cm³/mol. The van der Waals surface area contributed by atoms with Crippen molar-refractivity contribution < 1.29 is 14.3 Å². The molecule has 2 amide bonds. The Balaban J connectivity index is 1.36. The molecule has 5 nitrogen and oxygen atoms in total. The molecular formula is C24H22N2O3S. The van der Waals surface area contributed by atoms with Gasteiger partial charge in [0.1, 0.15) is 12.4 Å². The fraction of sp³-hybridized carbons (Fsp3) is 0.167. The summed E-state index contributed by atoms with van der Waals surface area (Å²) >= 11 is 1.50. The number of thioether (sulfide) groups is 1. The van der Waals surface area contributed by atoms with Crippen molar-refractivity contribution in [3.8, 4) is 5.75 Å². The molecule has 1 heterocycles. The summed E-state index contributed by atoms with van der Waals surface area (Å²) in [5.41, 5.74) is 3.25. The maximum absolute atomic E-state index is 12.6. The highest BCUT2D eigenvalue weighted by atomic mass is 32.2. The highest BCUT2D eigenvalue weighted by Gasteiger charge is 2.23. The SMILES string of the molecule is CC1Sc2ccc(C(=O)NCc3cccc(OCc4ccccc4)c3)cc2NC1=O. The number of rotatable bonds is 6. The van der Waals surface area contributed by atoms with Gasteiger partial charge in [0, 0.05) is 17.0 Å². The maximum atomic E-state index is 12.6. The number of ether oxygens (including phenoxy) is 1. The molecule has 1 unspecified atom stereocenters. The van der Waals surface area contributed by atoms with Crippen molar-refractivity contribution in [1.82, 2.24) is 5.32 Å². The number of fused-ring (bicyclic) bond motifs is 1. The lowest BCUT2D eigenvalue weighted by Crippen LogP contribution is -2.27. The zero-order valence-corrected chi connectivity index (χ0v) is 17.4. The van der Waals surface area contributed by atoms with Crippen LogP contribution >= 0.6 is 11.8 Å². The van der Waals surface area contributed by atoms with Gasteiger partial charge in [-0.1, -0.05) is 42.5 Å². The molecule has 0 bridgehead atoms. The molecule has 0 fully saturated rings. The van der Waals surface area contributed by atoms with Crippen molar-refractivity contribution in [2.45, 2.75) is 30.2 Å². The molecule has 1 atom stereocenters. The van der Waals surface area contributed by atoms with E-state index in [0.717, 1.165) is 21.8 Å². The second-order valence-corrected chi connectivity index (χ2v) is 8.45. The second-order valence-electron chi connectivity index (χ2n) is 7.06. The molecule has 4 rings (SSSR count). The van der Waals surface area contributed by atoms with Gasteiger partial charge in [-0.2, -0.15) is 0 Å². The Hall–Kier alpha value is -3.25. The number of anilines is 1. The first kappa shape index (κ1) is 20.0. The molecule has 0 saturated heterocycles. The third kappa shape index (κ3) is 4.83. The normalized spacial score (nSPS) is 15.1. The van der Waals surface area contributed by atoms with Crippen molar-refractivity contribution >= 4 is 29.3 Å². The third-order valence-electron chi connectivity index (χ3n) is 4.77. The van der Waals surface area contributed by atoms with Gasteiger partial charge >= 0.3 is 0 Å². The number of nitrogens with one attached hydrogen (secondary N) is 2. The Bertz CT molecular complexity index is 1070. The molecule has 1 aliphatic rings. The summed E-state index contributed by atoms with van der Waals surface area (Å²) in [5, 5.41) is 5.66. The molecule has 0 aliphatic carbocycles. The van der Waals surface area contributed by atoms with Gasteiger partial charge in [-0.05, 0) is 48.4 Å². The Morgan fingerprint density at radius 3 is 2.67 bits per heavy atom. The van der Waals surface area contributed by atoms with Crippen LogP contribution in [0, 0.1) is 0 Å². The molecule has 30 heavy (non-hydrogen) atoms. The van der Waals surface area contributed by atoms with E-state index < -0.39 is 0 Å². The van der Waals surface area contributed by atoms with Crippen LogP contribution in [0.5, 0.6) is 5.75 Å². The molecule has 1 aliphatic heterocycles. The Kier molecular flexibility index (Phi) is 6.05. The molecule has 3 aromatic rings. The van der Waals surface area contributed by atoms with Gasteiger partial charge in [0.25, 0.3) is 5.91 Å². The molecule has 0 radical (unpaired) electrons. The van der Waals surface area contributed by atoms with Crippen molar-refractivity contribution in [2.75, 3.05) is 5.32 Å². The molecule has 0 spiro atoms. The molecule has 152 valence electrons. The van der Waals surface area contributed by atoms with E-state index in [1.165, 1.54) is 11.8 Å². The number of carbonyl (C=O) groups excluding carboxylic acids is 2. The van der Waals surface area contributed by atoms with E-state index in [2.05, 4.69) is 10.6 Å². The molecule has 3 aromatic carbocycles. The quantitative estimate of drug-likeness (QED) is 0.613. The standard InChI is InChI=1S/C24H22N2O3S/c1-16-23(27)26-21-13-19(10-11-22(21)30-16)24(28)25-14-18-8-5-9-20(12-18)29-15-17-6-3-2-4-7-17/h2-13,16H,14-15H2,1H3,(H,25,28)(H,26,27). The first-order chi connectivity index (χ1) is 14.6. The molecule has 0 aromatic heterocycles. The summed E-state index contributed by atoms with van der Waals surface area (Å²) in [4.78, 5) is 25.4. The lowest BCUT2D eigenvalue weighted by molar-refractivity contribution is -0.115. The average Bonchev–Trinajstić information content (AvgIpc) is 2.77. The van der Waals surface area contributed by atoms with Crippen LogP contribution in [0.1, 0.15) is 28.4 Å². The largest absolute Gasteiger partial charge is 0.489 e. The lowest BCUT2D eigenvalue weighted by Gasteiger charge is -2.21. The van der Waals surface area contributed by atoms with Crippen LogP contribution < -0.4 is 15.4 Å². The molecular weight excluding hydrogens is 396 g/mol. The van der Waals surface area contributed by atoms with Crippen molar-refractivity contribution in [3.05, 3.63) is 89.5 Å². The summed E-state index contributed by atoms with van der Waals surface area (Å²) in [6.45, 7) is 2.74. The molecule has 0 saturated carbocycles. The van der Waals surface area contributed by atoms with E-state index in [1.54, 1.807) is 12.1 Å². The van der Waals surface area contributed by atoms with Crippen LogP contribution in [-0.4, -0.2) is 17.1 Å². The van der Waals surface area contributed by atoms with Crippen LogP contribution in [0.3, 0.4) is 0 Å². The first-order valence-corrected chi connectivity index (χ1v) is 10.6. The van der Waals surface area contributed by atoms with Crippen LogP contribution in [0.25, 0.3) is 0 Å². The topological polar surface area (TPSA) is 67.4 Å². The van der Waals surface area contributed by atoms with Crippen molar-refractivity contribution in [1.29, 1.82) is 0 Å². The number of benzene rings is 3. The summed E-state index contributed by atoms with van der Waals surface area (Å²) in [5.74, 6) is 0.525. The third-order valence-corrected chi connectivity index (χ3v) is 5.95. The van der Waals surface area contributed by atoms with Gasteiger partial charge in [0.2, 0.25) is 5.91 Å². The van der Waals surface area contributed by atoms with Crippen LogP contribution in [-0.2, 0) is 17.9 Å². The zero-order chi connectivity index (χ0) is 20.9. The number of hydrogen-bond donors (Lipinski definition) is 2. The van der Waals surface area contributed by atoms with E-state index in [0.29, 0.717) is 24.4 Å². The Morgan fingerprint density at radius 2 is 1.83 bits per heavy atom. The fourth-order valence-electron chi connectivity index (χ4n) is 3.12. The van der Waals surface area contributed by atoms with Gasteiger partial charge in [-0.15, -0.1) is 11.8 Å². The summed E-state index contributed by atoms with van der Waals surface area (Å²) in [6.07, 6.45) is 0. The van der Waals surface area contributed by atoms with Gasteiger partial charge in [0.15, 0.2) is 0 Å². The molecule has 2 N–H and O–H groups in total. The smallest absolute Gasteiger partial charge is 0.251 e. The first-order valence-electron chi connectivity index (χ1n) is 9.74. The van der Waals surface area contributed by atoms with Crippen LogP contribution in [0.15, 0.2) is 77.7 Å². The Labute approximate surface area is 179 Å². The monoisotopic (exact) mass is 418 g/mol. The Morgan fingerprint density at radius 1 is 1.03 bits per heavy atom. The second kappa shape index (κ2) is 9.05. The summed E-state index contributed by atoms with van der Waals surface area (Å²) < 4.78 is 5.85. The van der Waals surface area contributed by atoms with Crippen LogP contribution in [0.2, 0.25) is 0 Å². The predicted octanol–water partition coefficient (Wildman–Crippen LogP) is 4.63. The van der Waals surface area contributed by atoms with E-state index in [4.69, 9.17) is 4.74 Å². The zero-order valence-electron chi connectivity index (χ0n) is 16.6. The van der Waals surface area contributed by atoms with Gasteiger partial charge in [0.05, 0.1) is 10.9 Å². The van der Waals surface area contributed by atoms with Crippen molar-refractivity contribution in [2.24, 2.45) is 0 Å². The van der Waals surface area contributed by atoms with E-state index in [9.17, 15) is 9.59 Å². The minimum Gasteiger partial charge on any atom is -0.489 e. The number of hydrogen-bond acceptors (Lipinski definition) is 4. The van der Waals surface area contributed by atoms with Gasteiger partial charge in [-0.3, -0.25) is 9.59 Å². The number of amides is 2. The van der Waals surface area contributed by atoms with E-state index in [1.807, 2.05) is 67.6 Å². The summed E-state index contributed by atoms with van der Waals surface area (Å²) in [6, 6.07) is 23.0.